The maximum absolute atomic E-state index is 13.2. The van der Waals surface area contributed by atoms with Crippen molar-refractivity contribution in [1.29, 1.82) is 0 Å². The maximum Gasteiger partial charge on any atom is 0.227 e. The molecule has 3 heterocycles. The van der Waals surface area contributed by atoms with Crippen molar-refractivity contribution in [3.63, 3.8) is 0 Å². The number of aromatic nitrogens is 1. The van der Waals surface area contributed by atoms with E-state index in [2.05, 4.69) is 35.4 Å². The van der Waals surface area contributed by atoms with Gasteiger partial charge in [0.1, 0.15) is 11.5 Å². The first-order valence-electron chi connectivity index (χ1n) is 9.73. The lowest BCUT2D eigenvalue weighted by atomic mass is 10.0. The molecule has 26 heavy (non-hydrogen) atoms. The van der Waals surface area contributed by atoms with Gasteiger partial charge < -0.3 is 14.6 Å². The van der Waals surface area contributed by atoms with E-state index in [1.54, 1.807) is 6.20 Å². The minimum atomic E-state index is 0.0721. The quantitative estimate of drug-likeness (QED) is 0.920. The number of nitrogens with one attached hydrogen (secondary N) is 1. The van der Waals surface area contributed by atoms with Crippen LogP contribution < -0.4 is 5.32 Å². The third kappa shape index (κ3) is 2.84. The first-order valence-corrected chi connectivity index (χ1v) is 9.73. The minimum absolute atomic E-state index is 0.0721. The molecule has 5 unspecified atom stereocenters. The standard InChI is InChI=1S/C21H25N3O2/c1-13-9-15(13)19-4-5-20(26-19)16-10-17(16)21(25)24-8-7-23-12-18(24)14-3-2-6-22-11-14/h2-6,11,13,15-18,23H,7-10,12H2,1H3. The van der Waals surface area contributed by atoms with Gasteiger partial charge in [-0.3, -0.25) is 9.78 Å². The van der Waals surface area contributed by atoms with E-state index in [9.17, 15) is 4.79 Å². The monoisotopic (exact) mass is 351 g/mol. The Morgan fingerprint density at radius 1 is 1.23 bits per heavy atom. The van der Waals surface area contributed by atoms with E-state index in [0.717, 1.165) is 49.1 Å². The number of furan rings is 1. The van der Waals surface area contributed by atoms with E-state index in [-0.39, 0.29) is 23.8 Å². The van der Waals surface area contributed by atoms with Crippen molar-refractivity contribution in [1.82, 2.24) is 15.2 Å². The summed E-state index contributed by atoms with van der Waals surface area (Å²) >= 11 is 0. The Morgan fingerprint density at radius 3 is 2.77 bits per heavy atom. The summed E-state index contributed by atoms with van der Waals surface area (Å²) in [5.41, 5.74) is 1.10. The Kier molecular flexibility index (Phi) is 3.85. The molecule has 3 aliphatic rings. The van der Waals surface area contributed by atoms with Crippen LogP contribution in [0.15, 0.2) is 41.1 Å². The molecule has 1 N–H and O–H groups in total. The Balaban J connectivity index is 1.29. The SMILES string of the molecule is CC1CC1c1ccc(C2CC2C(=O)N2CCNCC2c2cccnc2)o1. The fraction of sp³-hybridized carbons (Fsp3) is 0.524. The van der Waals surface area contributed by atoms with Crippen molar-refractivity contribution < 1.29 is 9.21 Å². The molecule has 2 aliphatic carbocycles. The second-order valence-corrected chi connectivity index (χ2v) is 8.05. The molecule has 0 spiro atoms. The Morgan fingerprint density at radius 2 is 2.04 bits per heavy atom. The van der Waals surface area contributed by atoms with Gasteiger partial charge in [0, 0.05) is 49.8 Å². The molecule has 5 heteroatoms. The van der Waals surface area contributed by atoms with Crippen LogP contribution in [0.1, 0.15) is 54.7 Å². The van der Waals surface area contributed by atoms with Gasteiger partial charge >= 0.3 is 0 Å². The summed E-state index contributed by atoms with van der Waals surface area (Å²) in [7, 11) is 0. The van der Waals surface area contributed by atoms with Crippen LogP contribution in [0.3, 0.4) is 0 Å². The molecule has 0 aromatic carbocycles. The predicted molar refractivity (Wildman–Crippen MR) is 97.6 cm³/mol. The molecule has 2 aromatic heterocycles. The highest BCUT2D eigenvalue weighted by molar-refractivity contribution is 5.83. The van der Waals surface area contributed by atoms with Crippen LogP contribution in [0.5, 0.6) is 0 Å². The zero-order valence-corrected chi connectivity index (χ0v) is 15.1. The number of hydrogen-bond acceptors (Lipinski definition) is 4. The van der Waals surface area contributed by atoms with E-state index in [4.69, 9.17) is 4.42 Å². The second kappa shape index (κ2) is 6.23. The molecule has 3 fully saturated rings. The van der Waals surface area contributed by atoms with Crippen LogP contribution in [0, 0.1) is 11.8 Å². The second-order valence-electron chi connectivity index (χ2n) is 8.05. The molecular weight excluding hydrogens is 326 g/mol. The Hall–Kier alpha value is -2.14. The third-order valence-corrected chi connectivity index (χ3v) is 6.19. The largest absolute Gasteiger partial charge is 0.465 e. The van der Waals surface area contributed by atoms with E-state index in [1.165, 1.54) is 6.42 Å². The molecule has 1 saturated heterocycles. The highest BCUT2D eigenvalue weighted by Crippen LogP contribution is 2.52. The molecule has 1 aliphatic heterocycles. The number of amides is 1. The topological polar surface area (TPSA) is 58.4 Å². The summed E-state index contributed by atoms with van der Waals surface area (Å²) in [6.07, 6.45) is 5.79. The number of carbonyl (C=O) groups is 1. The van der Waals surface area contributed by atoms with Crippen molar-refractivity contribution >= 4 is 5.91 Å². The van der Waals surface area contributed by atoms with Crippen molar-refractivity contribution in [2.45, 2.75) is 37.6 Å². The van der Waals surface area contributed by atoms with Gasteiger partial charge in [-0.2, -0.15) is 0 Å². The van der Waals surface area contributed by atoms with Crippen LogP contribution in [-0.2, 0) is 4.79 Å². The lowest BCUT2D eigenvalue weighted by Gasteiger charge is -2.36. The molecule has 136 valence electrons. The van der Waals surface area contributed by atoms with Crippen LogP contribution in [0.2, 0.25) is 0 Å². The average molecular weight is 351 g/mol. The molecule has 5 atom stereocenters. The predicted octanol–water partition coefficient (Wildman–Crippen LogP) is 3.07. The fourth-order valence-corrected chi connectivity index (χ4v) is 4.32. The molecule has 0 radical (unpaired) electrons. The van der Waals surface area contributed by atoms with Gasteiger partial charge in [0.2, 0.25) is 5.91 Å². The van der Waals surface area contributed by atoms with Crippen molar-refractivity contribution in [3.05, 3.63) is 53.7 Å². The number of rotatable bonds is 4. The molecular formula is C21H25N3O2. The van der Waals surface area contributed by atoms with E-state index in [0.29, 0.717) is 5.92 Å². The number of pyridine rings is 1. The first kappa shape index (κ1) is 16.1. The molecule has 0 bridgehead atoms. The van der Waals surface area contributed by atoms with E-state index < -0.39 is 0 Å². The maximum atomic E-state index is 13.2. The van der Waals surface area contributed by atoms with Gasteiger partial charge in [-0.05, 0) is 42.5 Å². The minimum Gasteiger partial charge on any atom is -0.465 e. The summed E-state index contributed by atoms with van der Waals surface area (Å²) < 4.78 is 6.09. The number of piperazine rings is 1. The summed E-state index contributed by atoms with van der Waals surface area (Å²) in [4.78, 5) is 19.4. The van der Waals surface area contributed by atoms with Gasteiger partial charge in [-0.15, -0.1) is 0 Å². The third-order valence-electron chi connectivity index (χ3n) is 6.19. The smallest absolute Gasteiger partial charge is 0.227 e. The average Bonchev–Trinajstić information content (AvgIpc) is 3.59. The zero-order chi connectivity index (χ0) is 17.7. The summed E-state index contributed by atoms with van der Waals surface area (Å²) in [6, 6.07) is 8.29. The number of nitrogens with zero attached hydrogens (tertiary/aromatic N) is 2. The summed E-state index contributed by atoms with van der Waals surface area (Å²) in [6.45, 7) is 4.66. The number of carbonyl (C=O) groups excluding carboxylic acids is 1. The summed E-state index contributed by atoms with van der Waals surface area (Å²) in [5, 5.41) is 3.41. The highest BCUT2D eigenvalue weighted by Gasteiger charge is 2.49. The van der Waals surface area contributed by atoms with Gasteiger partial charge in [0.15, 0.2) is 0 Å². The molecule has 5 nitrogen and oxygen atoms in total. The van der Waals surface area contributed by atoms with Gasteiger partial charge in [0.25, 0.3) is 0 Å². The fourth-order valence-electron chi connectivity index (χ4n) is 4.32. The molecule has 2 saturated carbocycles. The Labute approximate surface area is 153 Å². The van der Waals surface area contributed by atoms with E-state index in [1.807, 2.05) is 17.2 Å². The van der Waals surface area contributed by atoms with Crippen LogP contribution in [-0.4, -0.2) is 35.4 Å². The van der Waals surface area contributed by atoms with Crippen molar-refractivity contribution in [2.24, 2.45) is 11.8 Å². The molecule has 1 amide bonds. The highest BCUT2D eigenvalue weighted by atomic mass is 16.3. The normalized spacial score (nSPS) is 33.1. The lowest BCUT2D eigenvalue weighted by molar-refractivity contribution is -0.136. The zero-order valence-electron chi connectivity index (χ0n) is 15.1. The molecule has 2 aromatic rings. The molecule has 5 rings (SSSR count). The van der Waals surface area contributed by atoms with E-state index >= 15 is 0 Å². The van der Waals surface area contributed by atoms with Crippen LogP contribution in [0.4, 0.5) is 0 Å². The first-order chi connectivity index (χ1) is 12.7. The van der Waals surface area contributed by atoms with Gasteiger partial charge in [0.05, 0.1) is 6.04 Å². The summed E-state index contributed by atoms with van der Waals surface area (Å²) in [5.74, 6) is 4.05. The van der Waals surface area contributed by atoms with Crippen molar-refractivity contribution in [2.75, 3.05) is 19.6 Å². The Bertz CT molecular complexity index is 803. The van der Waals surface area contributed by atoms with Crippen LogP contribution >= 0.6 is 0 Å². The van der Waals surface area contributed by atoms with Crippen molar-refractivity contribution in [3.8, 4) is 0 Å². The number of hydrogen-bond donors (Lipinski definition) is 1. The van der Waals surface area contributed by atoms with Crippen LogP contribution in [0.25, 0.3) is 0 Å². The lowest BCUT2D eigenvalue weighted by Crippen LogP contribution is -2.49. The van der Waals surface area contributed by atoms with Gasteiger partial charge in [-0.25, -0.2) is 0 Å². The van der Waals surface area contributed by atoms with Gasteiger partial charge in [-0.1, -0.05) is 13.0 Å².